The smallest absolute Gasteiger partial charge is 0.266 e. The molecule has 0 bridgehead atoms. The Morgan fingerprint density at radius 3 is 2.20 bits per heavy atom. The fourth-order valence-corrected chi connectivity index (χ4v) is 3.78. The van der Waals surface area contributed by atoms with Crippen LogP contribution >= 0.6 is 0 Å². The zero-order valence-corrected chi connectivity index (χ0v) is 16.5. The standard InChI is InChI=1S/C19H16F2N6O2S/c1-27-11-12(9-23-27)30(28,29)26-19-18(24-16-7-2-3-8-17(16)25-19)22-10-13-14(20)5-4-6-15(13)21/h2-9,11H,10H2,1H3,(H,22,24)(H,25,26). The molecule has 11 heteroatoms. The number of rotatable bonds is 6. The number of sulfonamides is 1. The first kappa shape index (κ1) is 19.7. The second-order valence-corrected chi connectivity index (χ2v) is 8.10. The first-order valence-electron chi connectivity index (χ1n) is 8.78. The molecule has 0 saturated carbocycles. The zero-order chi connectivity index (χ0) is 21.3. The fourth-order valence-electron chi connectivity index (χ4n) is 2.79. The largest absolute Gasteiger partial charge is 0.363 e. The van der Waals surface area contributed by atoms with Gasteiger partial charge in [-0.1, -0.05) is 18.2 Å². The van der Waals surface area contributed by atoms with Crippen LogP contribution in [0.1, 0.15) is 5.56 Å². The molecule has 4 aromatic rings. The monoisotopic (exact) mass is 430 g/mol. The number of aryl methyl sites for hydroxylation is 1. The molecule has 2 heterocycles. The molecule has 0 fully saturated rings. The molecule has 0 radical (unpaired) electrons. The maximum atomic E-state index is 14.0. The maximum Gasteiger partial charge on any atom is 0.266 e. The summed E-state index contributed by atoms with van der Waals surface area (Å²) in [5, 5.41) is 6.64. The number of nitrogens with zero attached hydrogens (tertiary/aromatic N) is 4. The van der Waals surface area contributed by atoms with E-state index in [9.17, 15) is 17.2 Å². The van der Waals surface area contributed by atoms with Crippen molar-refractivity contribution < 1.29 is 17.2 Å². The van der Waals surface area contributed by atoms with Gasteiger partial charge in [0, 0.05) is 25.4 Å². The molecule has 0 spiro atoms. The summed E-state index contributed by atoms with van der Waals surface area (Å²) in [7, 11) is -2.42. The number of hydrogen-bond donors (Lipinski definition) is 2. The van der Waals surface area contributed by atoms with E-state index < -0.39 is 21.7 Å². The van der Waals surface area contributed by atoms with Crippen LogP contribution in [0.3, 0.4) is 0 Å². The predicted molar refractivity (Wildman–Crippen MR) is 107 cm³/mol. The van der Waals surface area contributed by atoms with Crippen LogP contribution in [-0.2, 0) is 23.6 Å². The SMILES string of the molecule is Cn1cc(S(=O)(=O)Nc2nc3ccccc3nc2NCc2c(F)cccc2F)cn1. The lowest BCUT2D eigenvalue weighted by atomic mass is 10.2. The lowest BCUT2D eigenvalue weighted by Crippen LogP contribution is -2.16. The number of nitrogens with one attached hydrogen (secondary N) is 2. The topological polar surface area (TPSA) is 102 Å². The summed E-state index contributed by atoms with van der Waals surface area (Å²) < 4.78 is 57.1. The number of halogens is 2. The first-order valence-corrected chi connectivity index (χ1v) is 10.3. The van der Waals surface area contributed by atoms with Crippen molar-refractivity contribution in [2.24, 2.45) is 7.05 Å². The number of hydrogen-bond acceptors (Lipinski definition) is 6. The number of fused-ring (bicyclic) bond motifs is 1. The third kappa shape index (κ3) is 3.92. The second kappa shape index (κ2) is 7.67. The van der Waals surface area contributed by atoms with E-state index in [0.717, 1.165) is 12.1 Å². The summed E-state index contributed by atoms with van der Waals surface area (Å²) in [6.45, 7) is -0.257. The van der Waals surface area contributed by atoms with Gasteiger partial charge in [-0.25, -0.2) is 27.2 Å². The normalized spacial score (nSPS) is 11.6. The molecule has 0 aliphatic rings. The van der Waals surface area contributed by atoms with Crippen LogP contribution in [0.15, 0.2) is 59.8 Å². The minimum atomic E-state index is -4.01. The number of aromatic nitrogens is 4. The predicted octanol–water partition coefficient (Wildman–Crippen LogP) is 3.05. The van der Waals surface area contributed by atoms with E-state index in [1.807, 2.05) is 0 Å². The quantitative estimate of drug-likeness (QED) is 0.488. The number of benzene rings is 2. The molecule has 0 atom stereocenters. The van der Waals surface area contributed by atoms with Gasteiger partial charge in [-0.15, -0.1) is 0 Å². The molecule has 0 saturated heterocycles. The molecule has 2 N–H and O–H groups in total. The fraction of sp³-hybridized carbons (Fsp3) is 0.105. The Labute approximate surface area is 170 Å². The van der Waals surface area contributed by atoms with E-state index in [4.69, 9.17) is 0 Å². The highest BCUT2D eigenvalue weighted by molar-refractivity contribution is 7.92. The van der Waals surface area contributed by atoms with Crippen molar-refractivity contribution in [3.63, 3.8) is 0 Å². The lowest BCUT2D eigenvalue weighted by molar-refractivity contribution is 0.560. The van der Waals surface area contributed by atoms with E-state index in [2.05, 4.69) is 25.1 Å². The molecule has 8 nitrogen and oxygen atoms in total. The summed E-state index contributed by atoms with van der Waals surface area (Å²) in [6.07, 6.45) is 2.53. The Hall–Kier alpha value is -3.60. The highest BCUT2D eigenvalue weighted by Gasteiger charge is 2.21. The second-order valence-electron chi connectivity index (χ2n) is 6.42. The molecule has 2 aromatic carbocycles. The molecule has 4 rings (SSSR count). The molecule has 0 aliphatic carbocycles. The molecule has 0 unspecified atom stereocenters. The van der Waals surface area contributed by atoms with Gasteiger partial charge in [-0.2, -0.15) is 5.10 Å². The van der Waals surface area contributed by atoms with Crippen molar-refractivity contribution in [3.05, 3.63) is 72.1 Å². The van der Waals surface area contributed by atoms with E-state index in [1.54, 1.807) is 31.3 Å². The van der Waals surface area contributed by atoms with Gasteiger partial charge in [-0.05, 0) is 24.3 Å². The first-order chi connectivity index (χ1) is 14.3. The van der Waals surface area contributed by atoms with Crippen LogP contribution in [0, 0.1) is 11.6 Å². The van der Waals surface area contributed by atoms with Gasteiger partial charge in [0.1, 0.15) is 16.5 Å². The van der Waals surface area contributed by atoms with Gasteiger partial charge in [0.2, 0.25) is 0 Å². The number of anilines is 2. The Morgan fingerprint density at radius 2 is 1.60 bits per heavy atom. The van der Waals surface area contributed by atoms with Crippen LogP contribution in [0.4, 0.5) is 20.4 Å². The van der Waals surface area contributed by atoms with Crippen molar-refractivity contribution in [1.82, 2.24) is 19.7 Å². The zero-order valence-electron chi connectivity index (χ0n) is 15.7. The Kier molecular flexibility index (Phi) is 5.04. The summed E-state index contributed by atoms with van der Waals surface area (Å²) >= 11 is 0. The van der Waals surface area contributed by atoms with Crippen molar-refractivity contribution in [1.29, 1.82) is 0 Å². The van der Waals surface area contributed by atoms with Crippen molar-refractivity contribution in [3.8, 4) is 0 Å². The van der Waals surface area contributed by atoms with Crippen LogP contribution in [0.25, 0.3) is 11.0 Å². The van der Waals surface area contributed by atoms with Gasteiger partial charge < -0.3 is 5.32 Å². The molecule has 154 valence electrons. The van der Waals surface area contributed by atoms with E-state index >= 15 is 0 Å². The molecular formula is C19H16F2N6O2S. The highest BCUT2D eigenvalue weighted by Crippen LogP contribution is 2.25. The highest BCUT2D eigenvalue weighted by atomic mass is 32.2. The van der Waals surface area contributed by atoms with Gasteiger partial charge in [0.25, 0.3) is 10.0 Å². The van der Waals surface area contributed by atoms with Crippen molar-refractivity contribution in [2.45, 2.75) is 11.4 Å². The summed E-state index contributed by atoms with van der Waals surface area (Å²) in [5.74, 6) is -1.53. The van der Waals surface area contributed by atoms with E-state index in [0.29, 0.717) is 11.0 Å². The van der Waals surface area contributed by atoms with Crippen LogP contribution < -0.4 is 10.0 Å². The molecule has 0 amide bonds. The summed E-state index contributed by atoms with van der Waals surface area (Å²) in [5.41, 5.74) is 0.732. The maximum absolute atomic E-state index is 14.0. The van der Waals surface area contributed by atoms with Gasteiger partial charge in [0.15, 0.2) is 11.6 Å². The van der Waals surface area contributed by atoms with Gasteiger partial charge in [-0.3, -0.25) is 9.40 Å². The average molecular weight is 430 g/mol. The summed E-state index contributed by atoms with van der Waals surface area (Å²) in [6, 6.07) is 10.4. The third-order valence-electron chi connectivity index (χ3n) is 4.29. The average Bonchev–Trinajstić information content (AvgIpc) is 3.15. The Bertz CT molecular complexity index is 1320. The molecule has 30 heavy (non-hydrogen) atoms. The summed E-state index contributed by atoms with van der Waals surface area (Å²) in [4.78, 5) is 8.62. The van der Waals surface area contributed by atoms with Crippen molar-refractivity contribution >= 4 is 32.7 Å². The van der Waals surface area contributed by atoms with E-state index in [-0.39, 0.29) is 28.6 Å². The Morgan fingerprint density at radius 1 is 0.967 bits per heavy atom. The molecular weight excluding hydrogens is 414 g/mol. The third-order valence-corrected chi connectivity index (χ3v) is 5.58. The minimum absolute atomic E-state index is 0.0313. The van der Waals surface area contributed by atoms with Crippen LogP contribution in [0.5, 0.6) is 0 Å². The van der Waals surface area contributed by atoms with Gasteiger partial charge >= 0.3 is 0 Å². The van der Waals surface area contributed by atoms with Crippen LogP contribution in [0.2, 0.25) is 0 Å². The van der Waals surface area contributed by atoms with Crippen LogP contribution in [-0.4, -0.2) is 28.2 Å². The minimum Gasteiger partial charge on any atom is -0.363 e. The molecule has 2 aromatic heterocycles. The van der Waals surface area contributed by atoms with E-state index in [1.165, 1.54) is 23.1 Å². The van der Waals surface area contributed by atoms with Crippen molar-refractivity contribution in [2.75, 3.05) is 10.0 Å². The van der Waals surface area contributed by atoms with Gasteiger partial charge in [0.05, 0.1) is 17.2 Å². The molecule has 0 aliphatic heterocycles. The number of para-hydroxylation sites is 2. The Balaban J connectivity index is 1.72. The lowest BCUT2D eigenvalue weighted by Gasteiger charge is -2.14.